The number of halogens is 1. The van der Waals surface area contributed by atoms with Crippen LogP contribution < -0.4 is 10.6 Å². The molecule has 1 aliphatic heterocycles. The van der Waals surface area contributed by atoms with Gasteiger partial charge in [-0.2, -0.15) is 0 Å². The van der Waals surface area contributed by atoms with Gasteiger partial charge in [-0.1, -0.05) is 18.7 Å². The Morgan fingerprint density at radius 2 is 2.36 bits per heavy atom. The Morgan fingerprint density at radius 3 is 3.05 bits per heavy atom. The van der Waals surface area contributed by atoms with Crippen LogP contribution in [0.4, 0.5) is 10.1 Å². The monoisotopic (exact) mass is 344 g/mol. The van der Waals surface area contributed by atoms with Crippen LogP contribution in [-0.4, -0.2) is 30.4 Å². The second kappa shape index (κ2) is 8.08. The van der Waals surface area contributed by atoms with Crippen molar-refractivity contribution in [2.24, 2.45) is 0 Å². The number of benzene rings is 1. The molecule has 2 N–H and O–H groups in total. The van der Waals surface area contributed by atoms with Crippen molar-refractivity contribution in [3.05, 3.63) is 17.9 Å². The van der Waals surface area contributed by atoms with Gasteiger partial charge >= 0.3 is 5.97 Å². The van der Waals surface area contributed by atoms with Crippen molar-refractivity contribution in [2.45, 2.75) is 48.0 Å². The summed E-state index contributed by atoms with van der Waals surface area (Å²) in [5.74, 6) is 0.0828. The molecule has 0 fully saturated rings. The van der Waals surface area contributed by atoms with E-state index in [4.69, 9.17) is 0 Å². The molecule has 1 unspecified atom stereocenters. The summed E-state index contributed by atoms with van der Waals surface area (Å²) >= 11 is 3.05. The van der Waals surface area contributed by atoms with Gasteiger partial charge in [-0.25, -0.2) is 4.39 Å². The maximum absolute atomic E-state index is 14.2. The maximum atomic E-state index is 14.2. The van der Waals surface area contributed by atoms with E-state index < -0.39 is 0 Å². The summed E-state index contributed by atoms with van der Waals surface area (Å²) in [6, 6.07) is 3.85. The summed E-state index contributed by atoms with van der Waals surface area (Å²) in [5.41, 5.74) is 0.554. The molecule has 7 heteroatoms. The number of ether oxygens (including phenoxy) is 1. The molecule has 22 heavy (non-hydrogen) atoms. The van der Waals surface area contributed by atoms with Crippen LogP contribution in [0.3, 0.4) is 0 Å². The zero-order valence-corrected chi connectivity index (χ0v) is 14.6. The van der Waals surface area contributed by atoms with Crippen LogP contribution in [0.1, 0.15) is 26.7 Å². The third kappa shape index (κ3) is 4.54. The largest absolute Gasteiger partial charge is 0.469 e. The zero-order chi connectivity index (χ0) is 16.1. The van der Waals surface area contributed by atoms with E-state index in [0.717, 1.165) is 16.2 Å². The summed E-state index contributed by atoms with van der Waals surface area (Å²) in [7, 11) is 1.37. The van der Waals surface area contributed by atoms with E-state index in [1.807, 2.05) is 6.07 Å². The quantitative estimate of drug-likeness (QED) is 0.581. The molecular weight excluding hydrogens is 323 g/mol. The topological polar surface area (TPSA) is 50.4 Å². The van der Waals surface area contributed by atoms with Crippen LogP contribution in [0, 0.1) is 5.82 Å². The Balaban J connectivity index is 1.97. The van der Waals surface area contributed by atoms with Gasteiger partial charge in [-0.05, 0) is 25.5 Å². The first-order valence-corrected chi connectivity index (χ1v) is 9.12. The van der Waals surface area contributed by atoms with Crippen molar-refractivity contribution in [1.29, 1.82) is 0 Å². The lowest BCUT2D eigenvalue weighted by molar-refractivity contribution is -0.140. The third-order valence-electron chi connectivity index (χ3n) is 3.40. The van der Waals surface area contributed by atoms with Gasteiger partial charge in [0.05, 0.1) is 19.2 Å². The Bertz CT molecular complexity index is 543. The first kappa shape index (κ1) is 17.4. The summed E-state index contributed by atoms with van der Waals surface area (Å²) in [6.07, 6.45) is 1.34. The lowest BCUT2D eigenvalue weighted by Crippen LogP contribution is -2.37. The Hall–Kier alpha value is -0.920. The molecule has 1 aromatic rings. The molecule has 0 saturated heterocycles. The van der Waals surface area contributed by atoms with Gasteiger partial charge in [0.1, 0.15) is 11.3 Å². The lowest BCUT2D eigenvalue weighted by atomic mass is 10.3. The van der Waals surface area contributed by atoms with Gasteiger partial charge in [0, 0.05) is 21.6 Å². The van der Waals surface area contributed by atoms with E-state index >= 15 is 0 Å². The van der Waals surface area contributed by atoms with Crippen LogP contribution in [-0.2, 0) is 9.53 Å². The molecule has 122 valence electrons. The van der Waals surface area contributed by atoms with Crippen LogP contribution in [0.2, 0.25) is 0 Å². The molecule has 2 atom stereocenters. The standard InChI is InChI=1S/C15H21FN2O2S2/c1-4-9(2)17-15-18-14-11(16)7-10(8-12(14)22-15)21-6-5-13(19)20-3/h7-9,15,17-18H,4-6H2,1-3H3/t9-,15?/m0/s1. The van der Waals surface area contributed by atoms with Gasteiger partial charge in [0.2, 0.25) is 0 Å². The van der Waals surface area contributed by atoms with Crippen molar-refractivity contribution < 1.29 is 13.9 Å². The molecule has 0 aromatic heterocycles. The molecule has 1 heterocycles. The highest BCUT2D eigenvalue weighted by Gasteiger charge is 2.25. The van der Waals surface area contributed by atoms with Crippen molar-refractivity contribution in [1.82, 2.24) is 5.32 Å². The first-order valence-electron chi connectivity index (χ1n) is 7.26. The molecule has 0 amide bonds. The highest BCUT2D eigenvalue weighted by Crippen LogP contribution is 2.41. The SMILES string of the molecule is CC[C@H](C)NC1Nc2c(F)cc(SCCC(=O)OC)cc2S1. The second-order valence-corrected chi connectivity index (χ2v) is 7.39. The number of carbonyl (C=O) groups is 1. The predicted molar refractivity (Wildman–Crippen MR) is 89.9 cm³/mol. The predicted octanol–water partition coefficient (Wildman–Crippen LogP) is 3.67. The molecule has 0 bridgehead atoms. The average Bonchev–Trinajstić information content (AvgIpc) is 2.89. The fourth-order valence-electron chi connectivity index (χ4n) is 1.97. The lowest BCUT2D eigenvalue weighted by Gasteiger charge is -2.17. The molecule has 1 aromatic carbocycles. The van der Waals surface area contributed by atoms with E-state index in [1.54, 1.807) is 11.8 Å². The fourth-order valence-corrected chi connectivity index (χ4v) is 4.14. The number of anilines is 1. The van der Waals surface area contributed by atoms with Crippen LogP contribution in [0.15, 0.2) is 21.9 Å². The fraction of sp³-hybridized carbons (Fsp3) is 0.533. The van der Waals surface area contributed by atoms with E-state index in [2.05, 4.69) is 29.2 Å². The first-order chi connectivity index (χ1) is 10.5. The van der Waals surface area contributed by atoms with Crippen molar-refractivity contribution in [3.63, 3.8) is 0 Å². The summed E-state index contributed by atoms with van der Waals surface area (Å²) < 4.78 is 18.8. The maximum Gasteiger partial charge on any atom is 0.306 e. The number of methoxy groups -OCH3 is 1. The van der Waals surface area contributed by atoms with Crippen molar-refractivity contribution >= 4 is 35.2 Å². The summed E-state index contributed by atoms with van der Waals surface area (Å²) in [6.45, 7) is 4.22. The van der Waals surface area contributed by atoms with Crippen LogP contribution >= 0.6 is 23.5 Å². The second-order valence-electron chi connectivity index (χ2n) is 5.07. The number of rotatable bonds is 7. The van der Waals surface area contributed by atoms with E-state index in [9.17, 15) is 9.18 Å². The average molecular weight is 344 g/mol. The zero-order valence-electron chi connectivity index (χ0n) is 12.9. The minimum absolute atomic E-state index is 0.00484. The summed E-state index contributed by atoms with van der Waals surface area (Å²) in [5, 5.41) is 6.58. The molecule has 2 rings (SSSR count). The number of fused-ring (bicyclic) bond motifs is 1. The van der Waals surface area contributed by atoms with E-state index in [0.29, 0.717) is 23.9 Å². The molecule has 0 radical (unpaired) electrons. The molecule has 4 nitrogen and oxygen atoms in total. The number of hydrogen-bond donors (Lipinski definition) is 2. The highest BCUT2D eigenvalue weighted by molar-refractivity contribution is 8.00. The third-order valence-corrected chi connectivity index (χ3v) is 5.44. The van der Waals surface area contributed by atoms with Crippen molar-refractivity contribution in [3.8, 4) is 0 Å². The molecule has 0 saturated carbocycles. The number of thioether (sulfide) groups is 2. The summed E-state index contributed by atoms with van der Waals surface area (Å²) in [4.78, 5) is 12.8. The number of nitrogens with one attached hydrogen (secondary N) is 2. The van der Waals surface area contributed by atoms with Gasteiger partial charge in [-0.15, -0.1) is 11.8 Å². The highest BCUT2D eigenvalue weighted by atomic mass is 32.2. The van der Waals surface area contributed by atoms with Crippen molar-refractivity contribution in [2.75, 3.05) is 18.2 Å². The minimum Gasteiger partial charge on any atom is -0.469 e. The van der Waals surface area contributed by atoms with Gasteiger partial charge in [0.15, 0.2) is 0 Å². The van der Waals surface area contributed by atoms with E-state index in [-0.39, 0.29) is 17.3 Å². The van der Waals surface area contributed by atoms with Gasteiger partial charge in [-0.3, -0.25) is 10.1 Å². The Kier molecular flexibility index (Phi) is 6.40. The Morgan fingerprint density at radius 1 is 1.59 bits per heavy atom. The van der Waals surface area contributed by atoms with Crippen LogP contribution in [0.25, 0.3) is 0 Å². The molecule has 0 aliphatic carbocycles. The van der Waals surface area contributed by atoms with Gasteiger partial charge in [0.25, 0.3) is 0 Å². The number of esters is 1. The van der Waals surface area contributed by atoms with Crippen LogP contribution in [0.5, 0.6) is 0 Å². The molecule has 0 spiro atoms. The normalized spacial score (nSPS) is 17.7. The Labute approximate surface area is 138 Å². The number of carbonyl (C=O) groups excluding carboxylic acids is 1. The number of hydrogen-bond acceptors (Lipinski definition) is 6. The molecule has 1 aliphatic rings. The minimum atomic E-state index is -0.251. The van der Waals surface area contributed by atoms with E-state index in [1.165, 1.54) is 24.9 Å². The van der Waals surface area contributed by atoms with Gasteiger partial charge < -0.3 is 10.1 Å². The smallest absolute Gasteiger partial charge is 0.306 e. The molecular formula is C15H21FN2O2S2.